The van der Waals surface area contributed by atoms with Crippen LogP contribution in [-0.4, -0.2) is 49.7 Å². The van der Waals surface area contributed by atoms with Gasteiger partial charge in [0.05, 0.1) is 30.4 Å². The maximum Gasteiger partial charge on any atom is 0.241 e. The van der Waals surface area contributed by atoms with Crippen LogP contribution in [0.4, 0.5) is 5.69 Å². The molecule has 0 spiro atoms. The molecular formula is C23H25N7O3. The molecule has 0 unspecified atom stereocenters. The topological polar surface area (TPSA) is 116 Å². The second kappa shape index (κ2) is 10.9. The zero-order valence-electron chi connectivity index (χ0n) is 18.1. The highest BCUT2D eigenvalue weighted by molar-refractivity contribution is 5.90. The number of ether oxygens (including phenoxy) is 1. The molecule has 0 bridgehead atoms. The van der Waals surface area contributed by atoms with Gasteiger partial charge in [0.2, 0.25) is 11.8 Å². The van der Waals surface area contributed by atoms with Gasteiger partial charge >= 0.3 is 0 Å². The Morgan fingerprint density at radius 3 is 2.70 bits per heavy atom. The second-order valence-electron chi connectivity index (χ2n) is 7.39. The standard InChI is InChI=1S/C23H25N7O3/c31-22(11-14-33-19-7-2-1-3-8-19)26-18-15-25-29(16-18)17-23(32)24-12-6-13-30-21-10-5-4-9-20(21)27-28-30/h1-5,7-10,15-16H,6,11-14,17H2,(H,24,32)(H,26,31). The second-order valence-corrected chi connectivity index (χ2v) is 7.39. The molecule has 0 saturated heterocycles. The average molecular weight is 447 g/mol. The number of rotatable bonds is 11. The lowest BCUT2D eigenvalue weighted by Crippen LogP contribution is -2.29. The first-order valence-electron chi connectivity index (χ1n) is 10.7. The molecule has 0 aliphatic rings. The first-order valence-corrected chi connectivity index (χ1v) is 10.7. The van der Waals surface area contributed by atoms with Crippen LogP contribution in [0.5, 0.6) is 5.75 Å². The summed E-state index contributed by atoms with van der Waals surface area (Å²) < 4.78 is 8.83. The molecule has 0 fully saturated rings. The average Bonchev–Trinajstić information content (AvgIpc) is 3.44. The van der Waals surface area contributed by atoms with Crippen molar-refractivity contribution in [3.8, 4) is 5.75 Å². The highest BCUT2D eigenvalue weighted by Gasteiger charge is 2.08. The van der Waals surface area contributed by atoms with Crippen molar-refractivity contribution >= 4 is 28.5 Å². The van der Waals surface area contributed by atoms with E-state index in [-0.39, 0.29) is 31.4 Å². The van der Waals surface area contributed by atoms with E-state index in [1.807, 2.05) is 59.3 Å². The number of hydrogen-bond acceptors (Lipinski definition) is 6. The fraction of sp³-hybridized carbons (Fsp3) is 0.261. The molecule has 0 atom stereocenters. The molecule has 0 aliphatic carbocycles. The number of para-hydroxylation sites is 2. The Kier molecular flexibility index (Phi) is 7.26. The van der Waals surface area contributed by atoms with Crippen LogP contribution in [0.1, 0.15) is 12.8 Å². The Balaban J connectivity index is 1.13. The first-order chi connectivity index (χ1) is 16.2. The van der Waals surface area contributed by atoms with E-state index in [4.69, 9.17) is 4.74 Å². The van der Waals surface area contributed by atoms with Crippen LogP contribution < -0.4 is 15.4 Å². The molecule has 10 heteroatoms. The van der Waals surface area contributed by atoms with Crippen LogP contribution >= 0.6 is 0 Å². The third-order valence-electron chi connectivity index (χ3n) is 4.85. The summed E-state index contributed by atoms with van der Waals surface area (Å²) in [6, 6.07) is 17.1. The predicted molar refractivity (Wildman–Crippen MR) is 123 cm³/mol. The minimum Gasteiger partial charge on any atom is -0.493 e. The molecule has 2 aromatic heterocycles. The Bertz CT molecular complexity index is 1200. The van der Waals surface area contributed by atoms with Crippen molar-refractivity contribution in [2.24, 2.45) is 0 Å². The van der Waals surface area contributed by atoms with Gasteiger partial charge in [-0.1, -0.05) is 35.5 Å². The van der Waals surface area contributed by atoms with Crippen LogP contribution in [0.25, 0.3) is 11.0 Å². The van der Waals surface area contributed by atoms with E-state index in [1.54, 1.807) is 6.20 Å². The molecule has 170 valence electrons. The zero-order valence-corrected chi connectivity index (χ0v) is 18.1. The monoisotopic (exact) mass is 447 g/mol. The third-order valence-corrected chi connectivity index (χ3v) is 4.85. The minimum atomic E-state index is -0.185. The number of amides is 2. The molecule has 0 radical (unpaired) electrons. The molecule has 2 N–H and O–H groups in total. The highest BCUT2D eigenvalue weighted by atomic mass is 16.5. The molecule has 4 aromatic rings. The van der Waals surface area contributed by atoms with Gasteiger partial charge in [-0.3, -0.25) is 14.3 Å². The van der Waals surface area contributed by atoms with Gasteiger partial charge in [-0.2, -0.15) is 5.10 Å². The highest BCUT2D eigenvalue weighted by Crippen LogP contribution is 2.11. The predicted octanol–water partition coefficient (Wildman–Crippen LogP) is 2.24. The van der Waals surface area contributed by atoms with Gasteiger partial charge in [-0.05, 0) is 30.7 Å². The van der Waals surface area contributed by atoms with E-state index in [1.165, 1.54) is 10.9 Å². The molecule has 0 aliphatic heterocycles. The van der Waals surface area contributed by atoms with Crippen LogP contribution in [-0.2, 0) is 22.7 Å². The quantitative estimate of drug-likeness (QED) is 0.341. The number of carbonyl (C=O) groups excluding carboxylic acids is 2. The first kappa shape index (κ1) is 22.0. The number of fused-ring (bicyclic) bond motifs is 1. The summed E-state index contributed by atoms with van der Waals surface area (Å²) in [5.74, 6) is 0.380. The normalized spacial score (nSPS) is 10.8. The molecule has 2 aromatic carbocycles. The number of nitrogens with zero attached hydrogens (tertiary/aromatic N) is 5. The lowest BCUT2D eigenvalue weighted by Gasteiger charge is -2.06. The van der Waals surface area contributed by atoms with Gasteiger partial charge in [-0.15, -0.1) is 5.10 Å². The van der Waals surface area contributed by atoms with Crippen molar-refractivity contribution in [2.75, 3.05) is 18.5 Å². The number of benzene rings is 2. The summed E-state index contributed by atoms with van der Waals surface area (Å²) in [4.78, 5) is 24.3. The summed E-state index contributed by atoms with van der Waals surface area (Å²) in [5.41, 5.74) is 2.36. The van der Waals surface area contributed by atoms with Crippen molar-refractivity contribution in [1.82, 2.24) is 30.1 Å². The van der Waals surface area contributed by atoms with Crippen LogP contribution in [0.3, 0.4) is 0 Å². The summed E-state index contributed by atoms with van der Waals surface area (Å²) in [6.07, 6.45) is 4.07. The number of carbonyl (C=O) groups is 2. The zero-order chi connectivity index (χ0) is 22.9. The van der Waals surface area contributed by atoms with Gasteiger partial charge in [0.15, 0.2) is 0 Å². The molecule has 2 heterocycles. The number of anilines is 1. The Labute approximate surface area is 190 Å². The van der Waals surface area contributed by atoms with Gasteiger partial charge in [0.25, 0.3) is 0 Å². The van der Waals surface area contributed by atoms with Crippen LogP contribution in [0.15, 0.2) is 67.0 Å². The fourth-order valence-corrected chi connectivity index (χ4v) is 3.26. The van der Waals surface area contributed by atoms with E-state index in [0.29, 0.717) is 18.8 Å². The van der Waals surface area contributed by atoms with Crippen molar-refractivity contribution < 1.29 is 14.3 Å². The van der Waals surface area contributed by atoms with E-state index in [0.717, 1.165) is 23.2 Å². The third kappa shape index (κ3) is 6.39. The largest absolute Gasteiger partial charge is 0.493 e. The van der Waals surface area contributed by atoms with E-state index in [2.05, 4.69) is 26.0 Å². The molecular weight excluding hydrogens is 422 g/mol. The van der Waals surface area contributed by atoms with E-state index in [9.17, 15) is 9.59 Å². The van der Waals surface area contributed by atoms with Crippen molar-refractivity contribution in [2.45, 2.75) is 25.9 Å². The van der Waals surface area contributed by atoms with Crippen molar-refractivity contribution in [1.29, 1.82) is 0 Å². The SMILES string of the molecule is O=C(Cn1cc(NC(=O)CCOc2ccccc2)cn1)NCCCn1nnc2ccccc21. The smallest absolute Gasteiger partial charge is 0.241 e. The maximum atomic E-state index is 12.2. The fourth-order valence-electron chi connectivity index (χ4n) is 3.26. The minimum absolute atomic E-state index is 0.0687. The number of hydrogen-bond donors (Lipinski definition) is 2. The Hall–Kier alpha value is -4.21. The molecule has 4 rings (SSSR count). The molecule has 2 amide bonds. The summed E-state index contributed by atoms with van der Waals surface area (Å²) >= 11 is 0. The summed E-state index contributed by atoms with van der Waals surface area (Å²) in [5, 5.41) is 18.0. The van der Waals surface area contributed by atoms with Gasteiger partial charge in [0, 0.05) is 19.3 Å². The van der Waals surface area contributed by atoms with Crippen molar-refractivity contribution in [3.63, 3.8) is 0 Å². The summed E-state index contributed by atoms with van der Waals surface area (Å²) in [7, 11) is 0. The van der Waals surface area contributed by atoms with Gasteiger partial charge < -0.3 is 15.4 Å². The number of aromatic nitrogens is 5. The van der Waals surface area contributed by atoms with Crippen molar-refractivity contribution in [3.05, 3.63) is 67.0 Å². The molecule has 10 nitrogen and oxygen atoms in total. The Morgan fingerprint density at radius 2 is 1.82 bits per heavy atom. The molecule has 0 saturated carbocycles. The lowest BCUT2D eigenvalue weighted by molar-refractivity contribution is -0.121. The van der Waals surface area contributed by atoms with Gasteiger partial charge in [-0.25, -0.2) is 4.68 Å². The lowest BCUT2D eigenvalue weighted by atomic mass is 10.3. The number of aryl methyl sites for hydroxylation is 1. The van der Waals surface area contributed by atoms with Gasteiger partial charge in [0.1, 0.15) is 17.8 Å². The Morgan fingerprint density at radius 1 is 1.00 bits per heavy atom. The summed E-state index contributed by atoms with van der Waals surface area (Å²) in [6.45, 7) is 1.52. The maximum absolute atomic E-state index is 12.2. The van der Waals surface area contributed by atoms with E-state index < -0.39 is 0 Å². The van der Waals surface area contributed by atoms with Crippen LogP contribution in [0, 0.1) is 0 Å². The number of nitrogens with one attached hydrogen (secondary N) is 2. The van der Waals surface area contributed by atoms with Crippen LogP contribution in [0.2, 0.25) is 0 Å². The molecule has 33 heavy (non-hydrogen) atoms. The van der Waals surface area contributed by atoms with E-state index >= 15 is 0 Å².